The molecule has 0 aromatic heterocycles. The van der Waals surface area contributed by atoms with E-state index in [0.29, 0.717) is 12.0 Å². The van der Waals surface area contributed by atoms with Gasteiger partial charge in [-0.1, -0.05) is 12.1 Å². The van der Waals surface area contributed by atoms with Crippen LogP contribution in [-0.4, -0.2) is 37.5 Å². The number of amides is 1. The maximum absolute atomic E-state index is 12.4. The van der Waals surface area contributed by atoms with Gasteiger partial charge in [0.2, 0.25) is 10.0 Å². The predicted molar refractivity (Wildman–Crippen MR) is 92.8 cm³/mol. The molecular weight excluding hydrogens is 344 g/mol. The standard InChI is InChI=1S/C17H22N2O5S/c1-3-4-5-15(17(21)22)18-16(20)14-10-13(9-6-11(14)2)25(23,24)19-12-7-8-12/h3,6,9-10,12,15,19H,1,4-5,7-8H2,2H3,(H,18,20)(H,21,22). The minimum atomic E-state index is -3.69. The van der Waals surface area contributed by atoms with Gasteiger partial charge in [-0.15, -0.1) is 6.58 Å². The largest absolute Gasteiger partial charge is 0.480 e. The van der Waals surface area contributed by atoms with Crippen molar-refractivity contribution in [2.45, 2.75) is 49.6 Å². The van der Waals surface area contributed by atoms with Gasteiger partial charge in [0.1, 0.15) is 6.04 Å². The molecule has 1 aromatic carbocycles. The van der Waals surface area contributed by atoms with Gasteiger partial charge in [0, 0.05) is 11.6 Å². The summed E-state index contributed by atoms with van der Waals surface area (Å²) in [5.41, 5.74) is 0.708. The lowest BCUT2D eigenvalue weighted by Gasteiger charge is -2.15. The fourth-order valence-corrected chi connectivity index (χ4v) is 3.61. The van der Waals surface area contributed by atoms with E-state index < -0.39 is 27.9 Å². The van der Waals surface area contributed by atoms with Crippen molar-refractivity contribution in [3.8, 4) is 0 Å². The Morgan fingerprint density at radius 2 is 2.08 bits per heavy atom. The summed E-state index contributed by atoms with van der Waals surface area (Å²) in [5, 5.41) is 11.6. The van der Waals surface area contributed by atoms with Crippen molar-refractivity contribution in [3.05, 3.63) is 42.0 Å². The van der Waals surface area contributed by atoms with E-state index in [4.69, 9.17) is 0 Å². The van der Waals surface area contributed by atoms with Crippen LogP contribution in [0, 0.1) is 6.92 Å². The average Bonchev–Trinajstić information content (AvgIpc) is 3.34. The summed E-state index contributed by atoms with van der Waals surface area (Å²) in [4.78, 5) is 23.7. The van der Waals surface area contributed by atoms with Crippen LogP contribution in [-0.2, 0) is 14.8 Å². The van der Waals surface area contributed by atoms with Gasteiger partial charge >= 0.3 is 5.97 Å². The molecule has 0 aliphatic heterocycles. The molecule has 1 aliphatic carbocycles. The number of allylic oxidation sites excluding steroid dienone is 1. The number of carboxylic acid groups (broad SMARTS) is 1. The van der Waals surface area contributed by atoms with E-state index in [0.717, 1.165) is 12.8 Å². The zero-order chi connectivity index (χ0) is 18.6. The highest BCUT2D eigenvalue weighted by Crippen LogP contribution is 2.23. The molecule has 0 spiro atoms. The summed E-state index contributed by atoms with van der Waals surface area (Å²) in [6.07, 6.45) is 3.84. The minimum Gasteiger partial charge on any atom is -0.480 e. The number of carbonyl (C=O) groups is 2. The van der Waals surface area contributed by atoms with Crippen LogP contribution in [0.3, 0.4) is 0 Å². The van der Waals surface area contributed by atoms with Crippen LogP contribution >= 0.6 is 0 Å². The second kappa shape index (κ2) is 7.79. The average molecular weight is 366 g/mol. The summed E-state index contributed by atoms with van der Waals surface area (Å²) < 4.78 is 27.1. The smallest absolute Gasteiger partial charge is 0.326 e. The summed E-state index contributed by atoms with van der Waals surface area (Å²) in [7, 11) is -3.69. The fourth-order valence-electron chi connectivity index (χ4n) is 2.28. The SMILES string of the molecule is C=CCCC(NC(=O)c1cc(S(=O)(=O)NC2CC2)ccc1C)C(=O)O. The highest BCUT2D eigenvalue weighted by atomic mass is 32.2. The first-order chi connectivity index (χ1) is 11.7. The molecule has 7 nitrogen and oxygen atoms in total. The third-order valence-electron chi connectivity index (χ3n) is 3.93. The van der Waals surface area contributed by atoms with E-state index in [2.05, 4.69) is 16.6 Å². The number of benzene rings is 1. The van der Waals surface area contributed by atoms with Gasteiger partial charge in [-0.05, 0) is 50.3 Å². The highest BCUT2D eigenvalue weighted by molar-refractivity contribution is 7.89. The predicted octanol–water partition coefficient (Wildman–Crippen LogP) is 1.58. The number of nitrogens with one attached hydrogen (secondary N) is 2. The van der Waals surface area contributed by atoms with Crippen molar-refractivity contribution in [3.63, 3.8) is 0 Å². The van der Waals surface area contributed by atoms with Crippen molar-refractivity contribution in [2.24, 2.45) is 0 Å². The molecule has 8 heteroatoms. The third-order valence-corrected chi connectivity index (χ3v) is 5.44. The molecule has 0 radical (unpaired) electrons. The van der Waals surface area contributed by atoms with Gasteiger partial charge in [-0.25, -0.2) is 17.9 Å². The summed E-state index contributed by atoms with van der Waals surface area (Å²) >= 11 is 0. The molecule has 0 heterocycles. The number of hydrogen-bond acceptors (Lipinski definition) is 4. The van der Waals surface area contributed by atoms with Crippen molar-refractivity contribution in [1.82, 2.24) is 10.0 Å². The van der Waals surface area contributed by atoms with Crippen LogP contribution in [0.5, 0.6) is 0 Å². The molecule has 1 fully saturated rings. The second-order valence-corrected chi connectivity index (χ2v) is 7.82. The molecule has 2 rings (SSSR count). The lowest BCUT2D eigenvalue weighted by atomic mass is 10.1. The Hall–Kier alpha value is -2.19. The molecular formula is C17H22N2O5S. The minimum absolute atomic E-state index is 0.00637. The van der Waals surface area contributed by atoms with Crippen LogP contribution in [0.1, 0.15) is 41.6 Å². The quantitative estimate of drug-likeness (QED) is 0.575. The van der Waals surface area contributed by atoms with Crippen LogP contribution < -0.4 is 10.0 Å². The van der Waals surface area contributed by atoms with Crippen molar-refractivity contribution >= 4 is 21.9 Å². The topological polar surface area (TPSA) is 113 Å². The zero-order valence-corrected chi connectivity index (χ0v) is 14.8. The molecule has 1 aromatic rings. The normalized spacial score (nSPS) is 15.4. The lowest BCUT2D eigenvalue weighted by molar-refractivity contribution is -0.139. The fraction of sp³-hybridized carbons (Fsp3) is 0.412. The van der Waals surface area contributed by atoms with E-state index in [1.807, 2.05) is 0 Å². The number of aliphatic carboxylic acids is 1. The first-order valence-corrected chi connectivity index (χ1v) is 9.50. The van der Waals surface area contributed by atoms with Crippen LogP contribution in [0.25, 0.3) is 0 Å². The van der Waals surface area contributed by atoms with Gasteiger partial charge in [0.05, 0.1) is 4.90 Å². The summed E-state index contributed by atoms with van der Waals surface area (Å²) in [6.45, 7) is 5.20. The Bertz CT molecular complexity index is 784. The Morgan fingerprint density at radius 1 is 1.40 bits per heavy atom. The van der Waals surface area contributed by atoms with Gasteiger partial charge in [0.15, 0.2) is 0 Å². The molecule has 1 aliphatic rings. The van der Waals surface area contributed by atoms with E-state index in [1.165, 1.54) is 18.2 Å². The highest BCUT2D eigenvalue weighted by Gasteiger charge is 2.29. The number of carbonyl (C=O) groups excluding carboxylic acids is 1. The molecule has 25 heavy (non-hydrogen) atoms. The number of sulfonamides is 1. The van der Waals surface area contributed by atoms with Crippen LogP contribution in [0.15, 0.2) is 35.7 Å². The van der Waals surface area contributed by atoms with Gasteiger partial charge in [0.25, 0.3) is 5.91 Å². The second-order valence-electron chi connectivity index (χ2n) is 6.10. The van der Waals surface area contributed by atoms with Crippen molar-refractivity contribution in [1.29, 1.82) is 0 Å². The molecule has 0 saturated heterocycles. The van der Waals surface area contributed by atoms with Gasteiger partial charge < -0.3 is 10.4 Å². The van der Waals surface area contributed by atoms with E-state index in [9.17, 15) is 23.1 Å². The van der Waals surface area contributed by atoms with Crippen molar-refractivity contribution < 1.29 is 23.1 Å². The van der Waals surface area contributed by atoms with E-state index >= 15 is 0 Å². The Labute approximate surface area is 147 Å². The molecule has 136 valence electrons. The number of rotatable bonds is 9. The van der Waals surface area contributed by atoms with Gasteiger partial charge in [-0.2, -0.15) is 0 Å². The zero-order valence-electron chi connectivity index (χ0n) is 14.0. The number of carboxylic acids is 1. The van der Waals surface area contributed by atoms with Crippen LogP contribution in [0.4, 0.5) is 0 Å². The third kappa shape index (κ3) is 5.14. The summed E-state index contributed by atoms with van der Waals surface area (Å²) in [5.74, 6) is -1.76. The van der Waals surface area contributed by atoms with E-state index in [-0.39, 0.29) is 22.9 Å². The lowest BCUT2D eigenvalue weighted by Crippen LogP contribution is -2.41. The van der Waals surface area contributed by atoms with Crippen molar-refractivity contribution in [2.75, 3.05) is 0 Å². The van der Waals surface area contributed by atoms with Crippen LogP contribution in [0.2, 0.25) is 0 Å². The first kappa shape index (κ1) is 19.1. The monoisotopic (exact) mass is 366 g/mol. The molecule has 1 unspecified atom stereocenters. The molecule has 1 saturated carbocycles. The maximum atomic E-state index is 12.4. The number of hydrogen-bond donors (Lipinski definition) is 3. The molecule has 1 atom stereocenters. The molecule has 0 bridgehead atoms. The van der Waals surface area contributed by atoms with E-state index in [1.54, 1.807) is 13.0 Å². The summed E-state index contributed by atoms with van der Waals surface area (Å²) in [6, 6.07) is 3.15. The Kier molecular flexibility index (Phi) is 5.97. The maximum Gasteiger partial charge on any atom is 0.326 e. The number of aryl methyl sites for hydroxylation is 1. The van der Waals surface area contributed by atoms with Gasteiger partial charge in [-0.3, -0.25) is 4.79 Å². The Balaban J connectivity index is 2.22. The molecule has 3 N–H and O–H groups in total. The Morgan fingerprint density at radius 3 is 2.64 bits per heavy atom. The molecule has 1 amide bonds. The first-order valence-electron chi connectivity index (χ1n) is 8.02.